The van der Waals surface area contributed by atoms with Gasteiger partial charge < -0.3 is 0 Å². The molecule has 0 aliphatic heterocycles. The standard InChI is InChI=1S/C10H15ClN2/c1-13-10(5-6-12-13)8-3-2-4-9(11)7-8/h5-6,8-9H,2-4,7H2,1H3. The van der Waals surface area contributed by atoms with E-state index in [1.165, 1.54) is 25.0 Å². The minimum atomic E-state index is 0.369. The first-order chi connectivity index (χ1) is 6.27. The molecule has 1 aliphatic rings. The minimum Gasteiger partial charge on any atom is -0.272 e. The quantitative estimate of drug-likeness (QED) is 0.635. The molecule has 0 bridgehead atoms. The molecule has 1 aromatic rings. The normalized spacial score (nSPS) is 29.1. The molecule has 2 nitrogen and oxygen atoms in total. The van der Waals surface area contributed by atoms with Crippen molar-refractivity contribution in [1.29, 1.82) is 0 Å². The summed E-state index contributed by atoms with van der Waals surface area (Å²) in [4.78, 5) is 0. The van der Waals surface area contributed by atoms with Gasteiger partial charge in [0.2, 0.25) is 0 Å². The molecule has 2 rings (SSSR count). The first-order valence-electron chi connectivity index (χ1n) is 4.89. The molecule has 0 spiro atoms. The summed E-state index contributed by atoms with van der Waals surface area (Å²) in [6.07, 6.45) is 6.68. The smallest absolute Gasteiger partial charge is 0.0492 e. The molecule has 1 aromatic heterocycles. The third-order valence-electron chi connectivity index (χ3n) is 2.89. The molecule has 2 atom stereocenters. The lowest BCUT2D eigenvalue weighted by atomic mass is 9.86. The SMILES string of the molecule is Cn1nccc1C1CCCC(Cl)C1. The maximum absolute atomic E-state index is 6.15. The lowest BCUT2D eigenvalue weighted by Gasteiger charge is -2.25. The molecular weight excluding hydrogens is 184 g/mol. The van der Waals surface area contributed by atoms with E-state index in [4.69, 9.17) is 11.6 Å². The van der Waals surface area contributed by atoms with Crippen molar-refractivity contribution in [3.8, 4) is 0 Å². The predicted octanol–water partition coefficient (Wildman–Crippen LogP) is 2.69. The third kappa shape index (κ3) is 1.88. The van der Waals surface area contributed by atoms with Crippen LogP contribution in [-0.4, -0.2) is 15.2 Å². The molecule has 72 valence electrons. The van der Waals surface area contributed by atoms with Crippen molar-refractivity contribution < 1.29 is 0 Å². The van der Waals surface area contributed by atoms with Gasteiger partial charge in [0.15, 0.2) is 0 Å². The van der Waals surface area contributed by atoms with Crippen molar-refractivity contribution in [3.63, 3.8) is 0 Å². The van der Waals surface area contributed by atoms with Crippen LogP contribution in [0.2, 0.25) is 0 Å². The van der Waals surface area contributed by atoms with E-state index in [1.54, 1.807) is 0 Å². The molecule has 1 saturated carbocycles. The van der Waals surface area contributed by atoms with E-state index in [-0.39, 0.29) is 0 Å². The van der Waals surface area contributed by atoms with Crippen LogP contribution < -0.4 is 0 Å². The van der Waals surface area contributed by atoms with Crippen LogP contribution >= 0.6 is 11.6 Å². The molecule has 13 heavy (non-hydrogen) atoms. The molecule has 1 fully saturated rings. The van der Waals surface area contributed by atoms with Crippen LogP contribution in [0.1, 0.15) is 37.3 Å². The van der Waals surface area contributed by atoms with Gasteiger partial charge in [0.25, 0.3) is 0 Å². The fourth-order valence-corrected chi connectivity index (χ4v) is 2.55. The second-order valence-electron chi connectivity index (χ2n) is 3.84. The Morgan fingerprint density at radius 3 is 3.00 bits per heavy atom. The molecule has 0 aromatic carbocycles. The van der Waals surface area contributed by atoms with Crippen molar-refractivity contribution >= 4 is 11.6 Å². The van der Waals surface area contributed by atoms with E-state index in [9.17, 15) is 0 Å². The molecule has 0 N–H and O–H groups in total. The highest BCUT2D eigenvalue weighted by Gasteiger charge is 2.23. The zero-order valence-corrected chi connectivity index (χ0v) is 8.67. The largest absolute Gasteiger partial charge is 0.272 e. The average molecular weight is 199 g/mol. The van der Waals surface area contributed by atoms with Gasteiger partial charge in [0.05, 0.1) is 0 Å². The summed E-state index contributed by atoms with van der Waals surface area (Å²) in [6, 6.07) is 2.11. The molecule has 2 unspecified atom stereocenters. The van der Waals surface area contributed by atoms with Crippen molar-refractivity contribution in [2.24, 2.45) is 7.05 Å². The van der Waals surface area contributed by atoms with E-state index >= 15 is 0 Å². The highest BCUT2D eigenvalue weighted by atomic mass is 35.5. The van der Waals surface area contributed by atoms with Crippen molar-refractivity contribution in [2.45, 2.75) is 37.0 Å². The Morgan fingerprint density at radius 2 is 2.38 bits per heavy atom. The molecule has 0 saturated heterocycles. The first-order valence-corrected chi connectivity index (χ1v) is 5.33. The van der Waals surface area contributed by atoms with Crippen LogP contribution in [0.4, 0.5) is 0 Å². The Balaban J connectivity index is 2.12. The second kappa shape index (κ2) is 3.70. The van der Waals surface area contributed by atoms with Crippen molar-refractivity contribution in [3.05, 3.63) is 18.0 Å². The summed E-state index contributed by atoms with van der Waals surface area (Å²) in [5, 5.41) is 4.56. The number of aromatic nitrogens is 2. The second-order valence-corrected chi connectivity index (χ2v) is 4.46. The van der Waals surface area contributed by atoms with Gasteiger partial charge >= 0.3 is 0 Å². The van der Waals surface area contributed by atoms with Crippen LogP contribution in [0.5, 0.6) is 0 Å². The van der Waals surface area contributed by atoms with E-state index < -0.39 is 0 Å². The van der Waals surface area contributed by atoms with E-state index in [2.05, 4.69) is 11.2 Å². The third-order valence-corrected chi connectivity index (χ3v) is 3.28. The van der Waals surface area contributed by atoms with Crippen LogP contribution in [0, 0.1) is 0 Å². The summed E-state index contributed by atoms with van der Waals surface area (Å²) in [5.41, 5.74) is 1.34. The van der Waals surface area contributed by atoms with Gasteiger partial charge in [-0.25, -0.2) is 0 Å². The zero-order valence-electron chi connectivity index (χ0n) is 7.91. The fourth-order valence-electron chi connectivity index (χ4n) is 2.18. The van der Waals surface area contributed by atoms with Crippen molar-refractivity contribution in [2.75, 3.05) is 0 Å². The molecule has 0 amide bonds. The number of alkyl halides is 1. The summed E-state index contributed by atoms with van der Waals surface area (Å²) in [6.45, 7) is 0. The summed E-state index contributed by atoms with van der Waals surface area (Å²) in [5.74, 6) is 0.628. The van der Waals surface area contributed by atoms with Gasteiger partial charge in [-0.15, -0.1) is 11.6 Å². The topological polar surface area (TPSA) is 17.8 Å². The maximum atomic E-state index is 6.15. The van der Waals surface area contributed by atoms with Gasteiger partial charge in [0.1, 0.15) is 0 Å². The Kier molecular flexibility index (Phi) is 2.58. The molecule has 0 radical (unpaired) electrons. The van der Waals surface area contributed by atoms with Gasteiger partial charge in [-0.1, -0.05) is 6.42 Å². The Bertz CT molecular complexity index is 282. The highest BCUT2D eigenvalue weighted by Crippen LogP contribution is 2.34. The Hall–Kier alpha value is -0.500. The van der Waals surface area contributed by atoms with Crippen LogP contribution in [0.15, 0.2) is 12.3 Å². The average Bonchev–Trinajstić information content (AvgIpc) is 2.51. The molecule has 3 heteroatoms. The molecule has 1 aliphatic carbocycles. The molecule has 1 heterocycles. The van der Waals surface area contributed by atoms with Gasteiger partial charge in [-0.3, -0.25) is 4.68 Å². The van der Waals surface area contributed by atoms with Gasteiger partial charge in [-0.2, -0.15) is 5.10 Å². The van der Waals surface area contributed by atoms with Crippen LogP contribution in [0.3, 0.4) is 0 Å². The number of hydrogen-bond acceptors (Lipinski definition) is 1. The number of nitrogens with zero attached hydrogens (tertiary/aromatic N) is 2. The number of rotatable bonds is 1. The fraction of sp³-hybridized carbons (Fsp3) is 0.700. The first kappa shape index (κ1) is 9.07. The summed E-state index contributed by atoms with van der Waals surface area (Å²) >= 11 is 6.15. The Labute approximate surface area is 83.9 Å². The number of halogens is 1. The van der Waals surface area contributed by atoms with Crippen LogP contribution in [-0.2, 0) is 7.05 Å². The maximum Gasteiger partial charge on any atom is 0.0492 e. The predicted molar refractivity (Wildman–Crippen MR) is 54.1 cm³/mol. The minimum absolute atomic E-state index is 0.369. The number of hydrogen-bond donors (Lipinski definition) is 0. The summed E-state index contributed by atoms with van der Waals surface area (Å²) < 4.78 is 1.97. The van der Waals surface area contributed by atoms with Gasteiger partial charge in [-0.05, 0) is 25.3 Å². The van der Waals surface area contributed by atoms with E-state index in [1.807, 2.05) is 17.9 Å². The zero-order chi connectivity index (χ0) is 9.26. The van der Waals surface area contributed by atoms with Crippen molar-refractivity contribution in [1.82, 2.24) is 9.78 Å². The monoisotopic (exact) mass is 198 g/mol. The lowest BCUT2D eigenvalue weighted by molar-refractivity contribution is 0.429. The van der Waals surface area contributed by atoms with E-state index in [0.717, 1.165) is 6.42 Å². The van der Waals surface area contributed by atoms with Gasteiger partial charge in [0, 0.05) is 30.2 Å². The Morgan fingerprint density at radius 1 is 1.54 bits per heavy atom. The molecular formula is C10H15ClN2. The van der Waals surface area contributed by atoms with Crippen LogP contribution in [0.25, 0.3) is 0 Å². The van der Waals surface area contributed by atoms with E-state index in [0.29, 0.717) is 11.3 Å². The summed E-state index contributed by atoms with van der Waals surface area (Å²) in [7, 11) is 2.01. The lowest BCUT2D eigenvalue weighted by Crippen LogP contribution is -2.16. The number of aryl methyl sites for hydroxylation is 1. The highest BCUT2D eigenvalue weighted by molar-refractivity contribution is 6.20.